The van der Waals surface area contributed by atoms with Gasteiger partial charge in [0.1, 0.15) is 5.82 Å². The van der Waals surface area contributed by atoms with Gasteiger partial charge >= 0.3 is 0 Å². The highest BCUT2D eigenvalue weighted by molar-refractivity contribution is 5.92. The van der Waals surface area contributed by atoms with Crippen LogP contribution >= 0.6 is 0 Å². The molecule has 0 aliphatic heterocycles. The number of amides is 1. The number of hydrogen-bond acceptors (Lipinski definition) is 2. The van der Waals surface area contributed by atoms with Crippen molar-refractivity contribution in [3.8, 4) is 0 Å². The van der Waals surface area contributed by atoms with Gasteiger partial charge in [-0.1, -0.05) is 64.1 Å². The van der Waals surface area contributed by atoms with E-state index in [-0.39, 0.29) is 24.2 Å². The first kappa shape index (κ1) is 19.1. The fourth-order valence-corrected chi connectivity index (χ4v) is 2.79. The SMILES string of the molecule is CC(C)c1ccc([C@H](NCC(=O)Nc2ccccc2F)C(C)C)cc1. The van der Waals surface area contributed by atoms with Crippen LogP contribution in [0, 0.1) is 11.7 Å². The molecular formula is C21H27FN2O. The summed E-state index contributed by atoms with van der Waals surface area (Å²) in [4.78, 5) is 12.1. The number of nitrogens with one attached hydrogen (secondary N) is 2. The lowest BCUT2D eigenvalue weighted by Gasteiger charge is -2.23. The zero-order chi connectivity index (χ0) is 18.4. The zero-order valence-electron chi connectivity index (χ0n) is 15.3. The Morgan fingerprint density at radius 3 is 2.12 bits per heavy atom. The molecule has 2 rings (SSSR count). The number of halogens is 1. The van der Waals surface area contributed by atoms with Gasteiger partial charge in [-0.05, 0) is 35.1 Å². The molecule has 0 unspecified atom stereocenters. The Bertz CT molecular complexity index is 695. The summed E-state index contributed by atoms with van der Waals surface area (Å²) in [5.74, 6) is 0.132. The highest BCUT2D eigenvalue weighted by Crippen LogP contribution is 2.24. The minimum Gasteiger partial charge on any atom is -0.322 e. The Labute approximate surface area is 149 Å². The highest BCUT2D eigenvalue weighted by Gasteiger charge is 2.17. The van der Waals surface area contributed by atoms with Crippen molar-refractivity contribution in [3.63, 3.8) is 0 Å². The van der Waals surface area contributed by atoms with Crippen molar-refractivity contribution in [1.82, 2.24) is 5.32 Å². The Kier molecular flexibility index (Phi) is 6.71. The second-order valence-electron chi connectivity index (χ2n) is 6.95. The van der Waals surface area contributed by atoms with Gasteiger partial charge in [0, 0.05) is 6.04 Å². The van der Waals surface area contributed by atoms with Crippen LogP contribution in [-0.4, -0.2) is 12.5 Å². The summed E-state index contributed by atoms with van der Waals surface area (Å²) in [6.45, 7) is 8.69. The van der Waals surface area contributed by atoms with E-state index in [0.717, 1.165) is 5.56 Å². The topological polar surface area (TPSA) is 41.1 Å². The lowest BCUT2D eigenvalue weighted by atomic mass is 9.93. The maximum absolute atomic E-state index is 13.6. The average Bonchev–Trinajstić information content (AvgIpc) is 2.57. The van der Waals surface area contributed by atoms with Gasteiger partial charge in [-0.15, -0.1) is 0 Å². The Hall–Kier alpha value is -2.20. The van der Waals surface area contributed by atoms with E-state index in [1.54, 1.807) is 18.2 Å². The van der Waals surface area contributed by atoms with E-state index in [4.69, 9.17) is 0 Å². The molecule has 0 aromatic heterocycles. The predicted octanol–water partition coefficient (Wildman–Crippen LogP) is 4.87. The molecule has 0 bridgehead atoms. The van der Waals surface area contributed by atoms with Crippen molar-refractivity contribution < 1.29 is 9.18 Å². The lowest BCUT2D eigenvalue weighted by molar-refractivity contribution is -0.115. The molecular weight excluding hydrogens is 315 g/mol. The van der Waals surface area contributed by atoms with Crippen molar-refractivity contribution in [2.24, 2.45) is 5.92 Å². The first-order valence-corrected chi connectivity index (χ1v) is 8.76. The molecule has 1 atom stereocenters. The smallest absolute Gasteiger partial charge is 0.238 e. The van der Waals surface area contributed by atoms with E-state index in [9.17, 15) is 9.18 Å². The molecule has 0 fully saturated rings. The molecule has 25 heavy (non-hydrogen) atoms. The lowest BCUT2D eigenvalue weighted by Crippen LogP contribution is -2.33. The maximum Gasteiger partial charge on any atom is 0.238 e. The Balaban J connectivity index is 1.99. The number of benzene rings is 2. The highest BCUT2D eigenvalue weighted by atomic mass is 19.1. The van der Waals surface area contributed by atoms with Crippen LogP contribution in [0.25, 0.3) is 0 Å². The summed E-state index contributed by atoms with van der Waals surface area (Å²) < 4.78 is 13.6. The molecule has 0 saturated carbocycles. The van der Waals surface area contributed by atoms with Gasteiger partial charge in [-0.25, -0.2) is 4.39 Å². The van der Waals surface area contributed by atoms with Gasteiger partial charge in [0.15, 0.2) is 0 Å². The number of rotatable bonds is 7. The summed E-state index contributed by atoms with van der Waals surface area (Å²) in [6.07, 6.45) is 0. The summed E-state index contributed by atoms with van der Waals surface area (Å²) in [5.41, 5.74) is 2.65. The van der Waals surface area contributed by atoms with Crippen molar-refractivity contribution in [2.45, 2.75) is 39.7 Å². The third-order valence-corrected chi connectivity index (χ3v) is 4.26. The number of carbonyl (C=O) groups is 1. The van der Waals surface area contributed by atoms with Crippen molar-refractivity contribution >= 4 is 11.6 Å². The summed E-state index contributed by atoms with van der Waals surface area (Å²) in [5, 5.41) is 5.89. The van der Waals surface area contributed by atoms with E-state index in [0.29, 0.717) is 11.8 Å². The fraction of sp³-hybridized carbons (Fsp3) is 0.381. The largest absolute Gasteiger partial charge is 0.322 e. The van der Waals surface area contributed by atoms with E-state index in [1.807, 2.05) is 0 Å². The van der Waals surface area contributed by atoms with Gasteiger partial charge in [-0.2, -0.15) is 0 Å². The summed E-state index contributed by atoms with van der Waals surface area (Å²) in [7, 11) is 0. The van der Waals surface area contributed by atoms with Crippen LogP contribution in [0.2, 0.25) is 0 Å². The molecule has 0 saturated heterocycles. The molecule has 0 heterocycles. The van der Waals surface area contributed by atoms with E-state index in [1.165, 1.54) is 11.6 Å². The van der Waals surface area contributed by atoms with E-state index >= 15 is 0 Å². The standard InChI is InChI=1S/C21H27FN2O/c1-14(2)16-9-11-17(12-10-16)21(15(3)4)23-13-20(25)24-19-8-6-5-7-18(19)22/h5-12,14-15,21,23H,13H2,1-4H3,(H,24,25)/t21-/m1/s1. The van der Waals surface area contributed by atoms with Gasteiger partial charge in [-0.3, -0.25) is 4.79 Å². The third-order valence-electron chi connectivity index (χ3n) is 4.26. The van der Waals surface area contributed by atoms with E-state index in [2.05, 4.69) is 62.6 Å². The molecule has 0 radical (unpaired) electrons. The normalized spacial score (nSPS) is 12.4. The zero-order valence-corrected chi connectivity index (χ0v) is 15.3. The molecule has 0 spiro atoms. The molecule has 3 nitrogen and oxygen atoms in total. The first-order chi connectivity index (χ1) is 11.9. The quantitative estimate of drug-likeness (QED) is 0.753. The predicted molar refractivity (Wildman–Crippen MR) is 101 cm³/mol. The number of anilines is 1. The second-order valence-corrected chi connectivity index (χ2v) is 6.95. The fourth-order valence-electron chi connectivity index (χ4n) is 2.79. The number of carbonyl (C=O) groups excluding carboxylic acids is 1. The van der Waals surface area contributed by atoms with Crippen LogP contribution in [0.1, 0.15) is 50.8 Å². The first-order valence-electron chi connectivity index (χ1n) is 8.76. The van der Waals surface area contributed by atoms with Crippen LogP contribution < -0.4 is 10.6 Å². The number of para-hydroxylation sites is 1. The molecule has 134 valence electrons. The summed E-state index contributed by atoms with van der Waals surface area (Å²) >= 11 is 0. The molecule has 0 aliphatic rings. The molecule has 4 heteroatoms. The third kappa shape index (κ3) is 5.40. The Morgan fingerprint density at radius 2 is 1.56 bits per heavy atom. The molecule has 2 aromatic rings. The van der Waals surface area contributed by atoms with Crippen LogP contribution in [-0.2, 0) is 4.79 Å². The van der Waals surface area contributed by atoms with Crippen LogP contribution in [0.3, 0.4) is 0 Å². The van der Waals surface area contributed by atoms with Crippen LogP contribution in [0.4, 0.5) is 10.1 Å². The van der Waals surface area contributed by atoms with Gasteiger partial charge in [0.25, 0.3) is 0 Å². The van der Waals surface area contributed by atoms with Gasteiger partial charge < -0.3 is 10.6 Å². The van der Waals surface area contributed by atoms with Crippen molar-refractivity contribution in [3.05, 3.63) is 65.5 Å². The Morgan fingerprint density at radius 1 is 0.960 bits per heavy atom. The minimum absolute atomic E-state index is 0.0626. The van der Waals surface area contributed by atoms with Crippen molar-refractivity contribution in [1.29, 1.82) is 0 Å². The molecule has 1 amide bonds. The maximum atomic E-state index is 13.6. The monoisotopic (exact) mass is 342 g/mol. The number of hydrogen-bond donors (Lipinski definition) is 2. The average molecular weight is 342 g/mol. The van der Waals surface area contributed by atoms with Crippen molar-refractivity contribution in [2.75, 3.05) is 11.9 Å². The molecule has 2 N–H and O–H groups in total. The van der Waals surface area contributed by atoms with Gasteiger partial charge in [0.2, 0.25) is 5.91 Å². The van der Waals surface area contributed by atoms with E-state index < -0.39 is 5.82 Å². The van der Waals surface area contributed by atoms with Gasteiger partial charge in [0.05, 0.1) is 12.2 Å². The molecule has 0 aliphatic carbocycles. The minimum atomic E-state index is -0.430. The van der Waals surface area contributed by atoms with Crippen LogP contribution in [0.5, 0.6) is 0 Å². The molecule has 2 aromatic carbocycles. The summed E-state index contributed by atoms with van der Waals surface area (Å²) in [6, 6.07) is 14.7. The second kappa shape index (κ2) is 8.77. The van der Waals surface area contributed by atoms with Crippen LogP contribution in [0.15, 0.2) is 48.5 Å².